The smallest absolute Gasteiger partial charge is 0.312 e. The molecule has 5 nitrogen and oxygen atoms in total. The molecule has 0 spiro atoms. The summed E-state index contributed by atoms with van der Waals surface area (Å²) < 4.78 is 5.19. The summed E-state index contributed by atoms with van der Waals surface area (Å²) >= 11 is 0. The molecule has 5 heteroatoms. The molecular weight excluding hydrogens is 272 g/mol. The number of phenolic OH excluding ortho intramolecular Hbond substituents is 3. The molecule has 0 amide bonds. The molecule has 1 atom stereocenters. The zero-order valence-electron chi connectivity index (χ0n) is 11.3. The second kappa shape index (κ2) is 4.70. The van der Waals surface area contributed by atoms with Gasteiger partial charge in [-0.2, -0.15) is 0 Å². The summed E-state index contributed by atoms with van der Waals surface area (Å²) in [5.74, 6) is -0.931. The van der Waals surface area contributed by atoms with Gasteiger partial charge in [0.15, 0.2) is 11.5 Å². The van der Waals surface area contributed by atoms with E-state index in [1.54, 1.807) is 25.1 Å². The van der Waals surface area contributed by atoms with Crippen molar-refractivity contribution < 1.29 is 24.9 Å². The van der Waals surface area contributed by atoms with Gasteiger partial charge in [-0.1, -0.05) is 6.07 Å². The Hall–Kier alpha value is -2.69. The van der Waals surface area contributed by atoms with Gasteiger partial charge in [0.1, 0.15) is 11.5 Å². The number of phenols is 3. The van der Waals surface area contributed by atoms with Crippen LogP contribution in [0.15, 0.2) is 30.3 Å². The highest BCUT2D eigenvalue weighted by atomic mass is 16.5. The Labute approximate surface area is 121 Å². The first kappa shape index (κ1) is 13.3. The Morgan fingerprint density at radius 1 is 1.05 bits per heavy atom. The highest BCUT2D eigenvalue weighted by molar-refractivity contribution is 5.79. The quantitative estimate of drug-likeness (QED) is 0.426. The van der Waals surface area contributed by atoms with Crippen LogP contribution in [-0.4, -0.2) is 21.3 Å². The SMILES string of the molecule is Cc1cc(O)c2c(c1)OC(=O)C[C@H]2c1ccc(O)c(O)c1. The van der Waals surface area contributed by atoms with Crippen LogP contribution in [0.5, 0.6) is 23.0 Å². The molecule has 1 aliphatic rings. The number of esters is 1. The molecule has 1 aliphatic heterocycles. The molecule has 3 N–H and O–H groups in total. The number of rotatable bonds is 1. The lowest BCUT2D eigenvalue weighted by atomic mass is 9.85. The molecular formula is C16H14O5. The van der Waals surface area contributed by atoms with Gasteiger partial charge in [0, 0.05) is 11.5 Å². The molecule has 21 heavy (non-hydrogen) atoms. The van der Waals surface area contributed by atoms with Crippen LogP contribution < -0.4 is 4.74 Å². The van der Waals surface area contributed by atoms with E-state index in [0.717, 1.165) is 5.56 Å². The van der Waals surface area contributed by atoms with E-state index in [1.807, 2.05) is 0 Å². The number of aryl methyl sites for hydroxylation is 1. The fourth-order valence-corrected chi connectivity index (χ4v) is 2.66. The molecule has 3 rings (SSSR count). The third-order valence-corrected chi connectivity index (χ3v) is 3.61. The minimum Gasteiger partial charge on any atom is -0.507 e. The maximum absolute atomic E-state index is 11.8. The topological polar surface area (TPSA) is 87.0 Å². The van der Waals surface area contributed by atoms with Gasteiger partial charge in [0.05, 0.1) is 6.42 Å². The van der Waals surface area contributed by atoms with Crippen molar-refractivity contribution in [2.45, 2.75) is 19.3 Å². The maximum Gasteiger partial charge on any atom is 0.312 e. The Morgan fingerprint density at radius 2 is 1.81 bits per heavy atom. The van der Waals surface area contributed by atoms with Gasteiger partial charge in [-0.15, -0.1) is 0 Å². The molecule has 0 saturated carbocycles. The van der Waals surface area contributed by atoms with Crippen molar-refractivity contribution in [1.29, 1.82) is 0 Å². The first-order valence-corrected chi connectivity index (χ1v) is 6.52. The van der Waals surface area contributed by atoms with E-state index in [4.69, 9.17) is 4.74 Å². The van der Waals surface area contributed by atoms with Crippen molar-refractivity contribution in [2.75, 3.05) is 0 Å². The van der Waals surface area contributed by atoms with Gasteiger partial charge >= 0.3 is 5.97 Å². The summed E-state index contributed by atoms with van der Waals surface area (Å²) in [5, 5.41) is 29.2. The molecule has 0 aliphatic carbocycles. The van der Waals surface area contributed by atoms with Crippen molar-refractivity contribution in [2.24, 2.45) is 0 Å². The lowest BCUT2D eigenvalue weighted by Gasteiger charge is -2.26. The Morgan fingerprint density at radius 3 is 2.52 bits per heavy atom. The monoisotopic (exact) mass is 286 g/mol. The fraction of sp³-hybridized carbons (Fsp3) is 0.188. The van der Waals surface area contributed by atoms with Crippen LogP contribution in [0, 0.1) is 6.92 Å². The van der Waals surface area contributed by atoms with E-state index in [-0.39, 0.29) is 23.7 Å². The molecule has 2 aromatic carbocycles. The van der Waals surface area contributed by atoms with Crippen molar-refractivity contribution in [3.05, 3.63) is 47.0 Å². The van der Waals surface area contributed by atoms with E-state index in [9.17, 15) is 20.1 Å². The maximum atomic E-state index is 11.8. The van der Waals surface area contributed by atoms with Crippen LogP contribution >= 0.6 is 0 Å². The first-order chi connectivity index (χ1) is 9.95. The average Bonchev–Trinajstić information content (AvgIpc) is 2.40. The Kier molecular flexibility index (Phi) is 2.97. The number of aromatic hydroxyl groups is 3. The zero-order valence-corrected chi connectivity index (χ0v) is 11.3. The second-order valence-corrected chi connectivity index (χ2v) is 5.17. The van der Waals surface area contributed by atoms with Gasteiger partial charge < -0.3 is 20.1 Å². The van der Waals surface area contributed by atoms with Gasteiger partial charge in [0.25, 0.3) is 0 Å². The number of carbonyl (C=O) groups is 1. The van der Waals surface area contributed by atoms with E-state index in [2.05, 4.69) is 0 Å². The third kappa shape index (κ3) is 2.27. The number of fused-ring (bicyclic) bond motifs is 1. The minimum absolute atomic E-state index is 0.0510. The summed E-state index contributed by atoms with van der Waals surface area (Å²) in [5.41, 5.74) is 1.93. The normalized spacial score (nSPS) is 17.2. The summed E-state index contributed by atoms with van der Waals surface area (Å²) in [4.78, 5) is 11.8. The van der Waals surface area contributed by atoms with Crippen LogP contribution in [0.4, 0.5) is 0 Å². The molecule has 108 valence electrons. The van der Waals surface area contributed by atoms with E-state index < -0.39 is 11.9 Å². The van der Waals surface area contributed by atoms with Crippen LogP contribution in [0.3, 0.4) is 0 Å². The van der Waals surface area contributed by atoms with E-state index in [0.29, 0.717) is 16.9 Å². The third-order valence-electron chi connectivity index (χ3n) is 3.61. The molecule has 0 unspecified atom stereocenters. The van der Waals surface area contributed by atoms with Crippen molar-refractivity contribution in [1.82, 2.24) is 0 Å². The molecule has 2 aromatic rings. The minimum atomic E-state index is -0.423. The zero-order chi connectivity index (χ0) is 15.1. The number of hydrogen-bond acceptors (Lipinski definition) is 5. The number of carbonyl (C=O) groups excluding carboxylic acids is 1. The van der Waals surface area contributed by atoms with Gasteiger partial charge in [-0.05, 0) is 42.3 Å². The van der Waals surface area contributed by atoms with Crippen LogP contribution in [-0.2, 0) is 4.79 Å². The molecule has 0 bridgehead atoms. The van der Waals surface area contributed by atoms with Gasteiger partial charge in [-0.25, -0.2) is 0 Å². The first-order valence-electron chi connectivity index (χ1n) is 6.52. The van der Waals surface area contributed by atoms with Crippen LogP contribution in [0.1, 0.15) is 29.0 Å². The van der Waals surface area contributed by atoms with E-state index in [1.165, 1.54) is 12.1 Å². The summed E-state index contributed by atoms with van der Waals surface area (Å²) in [6, 6.07) is 7.66. The predicted molar refractivity (Wildman–Crippen MR) is 74.7 cm³/mol. The van der Waals surface area contributed by atoms with Crippen LogP contribution in [0.25, 0.3) is 0 Å². The van der Waals surface area contributed by atoms with Crippen molar-refractivity contribution in [3.8, 4) is 23.0 Å². The lowest BCUT2D eigenvalue weighted by Crippen LogP contribution is -2.21. The summed E-state index contributed by atoms with van der Waals surface area (Å²) in [7, 11) is 0. The van der Waals surface area contributed by atoms with Crippen LogP contribution in [0.2, 0.25) is 0 Å². The second-order valence-electron chi connectivity index (χ2n) is 5.17. The predicted octanol–water partition coefficient (Wildman–Crippen LogP) is 2.55. The standard InChI is InChI=1S/C16H14O5/c1-8-4-13(19)16-10(7-15(20)21-14(16)5-8)9-2-3-11(17)12(18)6-9/h2-6,10,17-19H,7H2,1H3/t10-/m0/s1. The Bertz CT molecular complexity index is 736. The summed E-state index contributed by atoms with van der Waals surface area (Å²) in [6.07, 6.45) is 0.0633. The van der Waals surface area contributed by atoms with E-state index >= 15 is 0 Å². The molecule has 0 radical (unpaired) electrons. The largest absolute Gasteiger partial charge is 0.507 e. The molecule has 1 heterocycles. The molecule has 0 saturated heterocycles. The number of benzene rings is 2. The van der Waals surface area contributed by atoms with Gasteiger partial charge in [-0.3, -0.25) is 4.79 Å². The Balaban J connectivity index is 2.16. The summed E-state index contributed by atoms with van der Waals surface area (Å²) in [6.45, 7) is 1.80. The average molecular weight is 286 g/mol. The lowest BCUT2D eigenvalue weighted by molar-refractivity contribution is -0.135. The number of hydrogen-bond donors (Lipinski definition) is 3. The van der Waals surface area contributed by atoms with Crippen molar-refractivity contribution >= 4 is 5.97 Å². The highest BCUT2D eigenvalue weighted by Gasteiger charge is 2.31. The molecule has 0 fully saturated rings. The molecule has 0 aromatic heterocycles. The van der Waals surface area contributed by atoms with Gasteiger partial charge in [0.2, 0.25) is 0 Å². The highest BCUT2D eigenvalue weighted by Crippen LogP contribution is 2.45. The van der Waals surface area contributed by atoms with Crippen molar-refractivity contribution in [3.63, 3.8) is 0 Å². The fourth-order valence-electron chi connectivity index (χ4n) is 2.66. The number of ether oxygens (including phenoxy) is 1.